The number of nitrogens with two attached hydrogens (primary N) is 1. The van der Waals surface area contributed by atoms with Crippen molar-refractivity contribution >= 4 is 36.0 Å². The minimum Gasteiger partial charge on any atom is -0.489 e. The maximum Gasteiger partial charge on any atom is 0.409 e. The van der Waals surface area contributed by atoms with Crippen molar-refractivity contribution in [2.75, 3.05) is 19.7 Å². The number of halogens is 1. The van der Waals surface area contributed by atoms with E-state index in [-0.39, 0.29) is 36.1 Å². The van der Waals surface area contributed by atoms with Gasteiger partial charge in [0.1, 0.15) is 12.4 Å². The molecule has 0 saturated carbocycles. The fourth-order valence-electron chi connectivity index (χ4n) is 3.36. The maximum atomic E-state index is 11.8. The van der Waals surface area contributed by atoms with Gasteiger partial charge in [0.2, 0.25) is 0 Å². The number of aliphatic imine (C=N–C) groups is 1. The van der Waals surface area contributed by atoms with Crippen LogP contribution in [0.1, 0.15) is 30.9 Å². The summed E-state index contributed by atoms with van der Waals surface area (Å²) < 4.78 is 11.0. The average molecular weight is 538 g/mol. The summed E-state index contributed by atoms with van der Waals surface area (Å²) in [5, 5.41) is 3.27. The van der Waals surface area contributed by atoms with E-state index >= 15 is 0 Å². The van der Waals surface area contributed by atoms with Crippen LogP contribution < -0.4 is 15.8 Å². The van der Waals surface area contributed by atoms with Crippen LogP contribution in [-0.2, 0) is 17.9 Å². The molecule has 0 aromatic heterocycles. The third-order valence-corrected chi connectivity index (χ3v) is 5.00. The molecule has 168 valence electrons. The molecule has 31 heavy (non-hydrogen) atoms. The SMILES string of the molecule is CCOC(=O)N1CCC(NC(N)=NCc2ccccc2OCc2ccccc2)CC1.I. The molecule has 1 heterocycles. The molecular weight excluding hydrogens is 507 g/mol. The molecule has 1 amide bonds. The van der Waals surface area contributed by atoms with Crippen molar-refractivity contribution in [3.05, 3.63) is 65.7 Å². The second-order valence-corrected chi connectivity index (χ2v) is 7.19. The number of nitrogens with zero attached hydrogens (tertiary/aromatic N) is 2. The third-order valence-electron chi connectivity index (χ3n) is 5.00. The predicted octanol–water partition coefficient (Wildman–Crippen LogP) is 3.91. The first-order valence-corrected chi connectivity index (χ1v) is 10.4. The normalized spacial score (nSPS) is 14.5. The Morgan fingerprint density at radius 1 is 1.13 bits per heavy atom. The highest BCUT2D eigenvalue weighted by atomic mass is 127. The summed E-state index contributed by atoms with van der Waals surface area (Å²) in [5.74, 6) is 1.21. The van der Waals surface area contributed by atoms with Crippen molar-refractivity contribution < 1.29 is 14.3 Å². The average Bonchev–Trinajstić information content (AvgIpc) is 2.78. The Morgan fingerprint density at radius 3 is 2.52 bits per heavy atom. The van der Waals surface area contributed by atoms with Gasteiger partial charge in [-0.2, -0.15) is 0 Å². The lowest BCUT2D eigenvalue weighted by atomic mass is 10.1. The molecule has 3 rings (SSSR count). The summed E-state index contributed by atoms with van der Waals surface area (Å²) >= 11 is 0. The standard InChI is InChI=1S/C23H30N4O3.HI/c1-2-29-23(28)27-14-12-20(13-15-27)26-22(24)25-16-19-10-6-7-11-21(19)30-17-18-8-4-3-5-9-18;/h3-11,20H,2,12-17H2,1H3,(H3,24,25,26);1H. The molecule has 8 heteroatoms. The van der Waals surface area contributed by atoms with E-state index in [4.69, 9.17) is 15.2 Å². The number of hydrogen-bond donors (Lipinski definition) is 2. The minimum atomic E-state index is -0.246. The second-order valence-electron chi connectivity index (χ2n) is 7.19. The predicted molar refractivity (Wildman–Crippen MR) is 133 cm³/mol. The van der Waals surface area contributed by atoms with Crippen LogP contribution in [0.15, 0.2) is 59.6 Å². The Kier molecular flexibility index (Phi) is 10.4. The molecule has 0 aliphatic carbocycles. The molecule has 1 saturated heterocycles. The lowest BCUT2D eigenvalue weighted by molar-refractivity contribution is 0.0963. The highest BCUT2D eigenvalue weighted by molar-refractivity contribution is 14.0. The Balaban J connectivity index is 0.00000341. The minimum absolute atomic E-state index is 0. The largest absolute Gasteiger partial charge is 0.489 e. The summed E-state index contributed by atoms with van der Waals surface area (Å²) in [5.41, 5.74) is 8.20. The highest BCUT2D eigenvalue weighted by Gasteiger charge is 2.23. The van der Waals surface area contributed by atoms with Gasteiger partial charge in [0.05, 0.1) is 13.2 Å². The van der Waals surface area contributed by atoms with E-state index in [1.807, 2.05) is 61.5 Å². The molecule has 0 spiro atoms. The van der Waals surface area contributed by atoms with E-state index in [2.05, 4.69) is 10.3 Å². The third kappa shape index (κ3) is 7.93. The van der Waals surface area contributed by atoms with Crippen LogP contribution in [0.25, 0.3) is 0 Å². The first-order valence-electron chi connectivity index (χ1n) is 10.4. The van der Waals surface area contributed by atoms with Crippen LogP contribution in [0.3, 0.4) is 0 Å². The fourth-order valence-corrected chi connectivity index (χ4v) is 3.36. The van der Waals surface area contributed by atoms with Crippen molar-refractivity contribution in [1.82, 2.24) is 10.2 Å². The number of guanidine groups is 1. The number of ether oxygens (including phenoxy) is 2. The van der Waals surface area contributed by atoms with Gasteiger partial charge in [-0.05, 0) is 31.4 Å². The number of piperidine rings is 1. The summed E-state index contributed by atoms with van der Waals surface area (Å²) in [7, 11) is 0. The first kappa shape index (κ1) is 24.8. The number of nitrogens with one attached hydrogen (secondary N) is 1. The number of likely N-dealkylation sites (tertiary alicyclic amines) is 1. The Labute approximate surface area is 201 Å². The molecule has 1 aliphatic heterocycles. The molecule has 0 bridgehead atoms. The quantitative estimate of drug-likeness (QED) is 0.317. The van der Waals surface area contributed by atoms with E-state index < -0.39 is 0 Å². The molecule has 0 unspecified atom stereocenters. The highest BCUT2D eigenvalue weighted by Crippen LogP contribution is 2.20. The van der Waals surface area contributed by atoms with Crippen LogP contribution in [0.5, 0.6) is 5.75 Å². The topological polar surface area (TPSA) is 89.2 Å². The van der Waals surface area contributed by atoms with Gasteiger partial charge >= 0.3 is 6.09 Å². The van der Waals surface area contributed by atoms with Crippen LogP contribution in [0.4, 0.5) is 4.79 Å². The van der Waals surface area contributed by atoms with Crippen molar-refractivity contribution in [2.45, 2.75) is 39.0 Å². The Hall–Kier alpha value is -2.49. The molecule has 1 aliphatic rings. The summed E-state index contributed by atoms with van der Waals surface area (Å²) in [6.07, 6.45) is 1.38. The van der Waals surface area contributed by atoms with Gasteiger partial charge in [0.25, 0.3) is 0 Å². The molecule has 0 radical (unpaired) electrons. The van der Waals surface area contributed by atoms with Crippen molar-refractivity contribution in [2.24, 2.45) is 10.7 Å². The van der Waals surface area contributed by atoms with Gasteiger partial charge < -0.3 is 25.4 Å². The van der Waals surface area contributed by atoms with Gasteiger partial charge in [-0.15, -0.1) is 24.0 Å². The van der Waals surface area contributed by atoms with Crippen molar-refractivity contribution in [3.63, 3.8) is 0 Å². The molecule has 3 N–H and O–H groups in total. The number of carbonyl (C=O) groups is 1. The van der Waals surface area contributed by atoms with E-state index in [1.165, 1.54) is 0 Å². The number of hydrogen-bond acceptors (Lipinski definition) is 4. The number of carbonyl (C=O) groups excluding carboxylic acids is 1. The second kappa shape index (κ2) is 13.0. The van der Waals surface area contributed by atoms with Crippen molar-refractivity contribution in [3.8, 4) is 5.75 Å². The summed E-state index contributed by atoms with van der Waals surface area (Å²) in [6.45, 7) is 4.46. The molecular formula is C23H31IN4O3. The maximum absolute atomic E-state index is 11.8. The lowest BCUT2D eigenvalue weighted by Crippen LogP contribution is -2.48. The number of para-hydroxylation sites is 1. The van der Waals surface area contributed by atoms with E-state index in [1.54, 1.807) is 4.90 Å². The number of rotatable bonds is 7. The van der Waals surface area contributed by atoms with Crippen LogP contribution in [0, 0.1) is 0 Å². The fraction of sp³-hybridized carbons (Fsp3) is 0.391. The van der Waals surface area contributed by atoms with Crippen LogP contribution >= 0.6 is 24.0 Å². The molecule has 1 fully saturated rings. The zero-order chi connectivity index (χ0) is 21.2. The van der Waals surface area contributed by atoms with Gasteiger partial charge in [-0.3, -0.25) is 0 Å². The molecule has 2 aromatic rings. The van der Waals surface area contributed by atoms with Gasteiger partial charge in [-0.25, -0.2) is 9.79 Å². The molecule has 2 aromatic carbocycles. The summed E-state index contributed by atoms with van der Waals surface area (Å²) in [4.78, 5) is 18.0. The van der Waals surface area contributed by atoms with E-state index in [9.17, 15) is 4.79 Å². The Morgan fingerprint density at radius 2 is 1.81 bits per heavy atom. The van der Waals surface area contributed by atoms with Gasteiger partial charge in [0, 0.05) is 24.7 Å². The monoisotopic (exact) mass is 538 g/mol. The zero-order valence-electron chi connectivity index (χ0n) is 17.8. The van der Waals surface area contributed by atoms with Crippen LogP contribution in [-0.4, -0.2) is 42.7 Å². The zero-order valence-corrected chi connectivity index (χ0v) is 20.2. The van der Waals surface area contributed by atoms with Crippen LogP contribution in [0.2, 0.25) is 0 Å². The smallest absolute Gasteiger partial charge is 0.409 e. The van der Waals surface area contributed by atoms with Crippen molar-refractivity contribution in [1.29, 1.82) is 0 Å². The number of benzene rings is 2. The molecule has 0 atom stereocenters. The number of amides is 1. The van der Waals surface area contributed by atoms with Gasteiger partial charge in [0.15, 0.2) is 5.96 Å². The summed E-state index contributed by atoms with van der Waals surface area (Å²) in [6, 6.07) is 18.1. The van der Waals surface area contributed by atoms with E-state index in [0.29, 0.717) is 38.8 Å². The lowest BCUT2D eigenvalue weighted by Gasteiger charge is -2.31. The Bertz CT molecular complexity index is 840. The van der Waals surface area contributed by atoms with E-state index in [0.717, 1.165) is 29.7 Å². The molecule has 7 nitrogen and oxygen atoms in total. The van der Waals surface area contributed by atoms with Gasteiger partial charge in [-0.1, -0.05) is 48.5 Å². The first-order chi connectivity index (χ1) is 14.7.